The minimum Gasteiger partial charge on any atom is -0.465 e. The van der Waals surface area contributed by atoms with Gasteiger partial charge in [0.15, 0.2) is 0 Å². The van der Waals surface area contributed by atoms with E-state index in [1.54, 1.807) is 18.0 Å². The largest absolute Gasteiger partial charge is 0.465 e. The number of thioether (sulfide) groups is 1. The molecule has 4 nitrogen and oxygen atoms in total. The van der Waals surface area contributed by atoms with Gasteiger partial charge in [0, 0.05) is 11.9 Å². The van der Waals surface area contributed by atoms with Crippen LogP contribution in [0.4, 0.5) is 0 Å². The van der Waals surface area contributed by atoms with Crippen LogP contribution in [0.15, 0.2) is 18.6 Å². The van der Waals surface area contributed by atoms with Crippen LogP contribution in [0.1, 0.15) is 12.6 Å². The van der Waals surface area contributed by atoms with Crippen molar-refractivity contribution in [3.63, 3.8) is 0 Å². The number of esters is 1. The normalized spacial score (nSPS) is 9.93. The second-order valence-corrected chi connectivity index (χ2v) is 3.91. The summed E-state index contributed by atoms with van der Waals surface area (Å²) in [6.45, 7) is 2.26. The number of aromatic nitrogens is 2. The van der Waals surface area contributed by atoms with E-state index in [1.807, 2.05) is 13.0 Å². The molecule has 1 rings (SSSR count). The highest BCUT2D eigenvalue weighted by Crippen LogP contribution is 2.04. The monoisotopic (exact) mass is 226 g/mol. The third-order valence-electron chi connectivity index (χ3n) is 1.67. The van der Waals surface area contributed by atoms with Gasteiger partial charge in [-0.15, -0.1) is 11.8 Å². The molecule has 1 aromatic rings. The summed E-state index contributed by atoms with van der Waals surface area (Å²) in [6, 6.07) is 1.88. The first-order valence-electron chi connectivity index (χ1n) is 4.81. The van der Waals surface area contributed by atoms with Crippen molar-refractivity contribution in [2.75, 3.05) is 18.1 Å². The maximum atomic E-state index is 11.0. The lowest BCUT2D eigenvalue weighted by atomic mass is 10.3. The van der Waals surface area contributed by atoms with Crippen LogP contribution in [0.3, 0.4) is 0 Å². The fourth-order valence-electron chi connectivity index (χ4n) is 1.00. The Morgan fingerprint density at radius 2 is 2.47 bits per heavy atom. The first kappa shape index (κ1) is 12.0. The second kappa shape index (κ2) is 7.23. The molecule has 0 fully saturated rings. The standard InChI is InChI=1S/C10H14N2O2S/c1-2-14-10(13)7-15-6-4-9-3-5-11-8-12-9/h3,5,8H,2,4,6-7H2,1H3. The average molecular weight is 226 g/mol. The number of carbonyl (C=O) groups excluding carboxylic acids is 1. The van der Waals surface area contributed by atoms with E-state index in [0.717, 1.165) is 17.9 Å². The molecule has 0 spiro atoms. The second-order valence-electron chi connectivity index (χ2n) is 2.81. The van der Waals surface area contributed by atoms with E-state index < -0.39 is 0 Å². The van der Waals surface area contributed by atoms with Crippen molar-refractivity contribution in [1.82, 2.24) is 9.97 Å². The minimum atomic E-state index is -0.148. The van der Waals surface area contributed by atoms with Crippen molar-refractivity contribution in [3.8, 4) is 0 Å². The highest BCUT2D eigenvalue weighted by atomic mass is 32.2. The molecule has 0 bridgehead atoms. The van der Waals surface area contributed by atoms with Gasteiger partial charge in [0.2, 0.25) is 0 Å². The Labute approximate surface area is 93.5 Å². The molecule has 0 atom stereocenters. The lowest BCUT2D eigenvalue weighted by Gasteiger charge is -2.01. The number of nitrogens with zero attached hydrogens (tertiary/aromatic N) is 2. The number of carbonyl (C=O) groups is 1. The number of aryl methyl sites for hydroxylation is 1. The molecular formula is C10H14N2O2S. The van der Waals surface area contributed by atoms with Gasteiger partial charge in [-0.3, -0.25) is 4.79 Å². The van der Waals surface area contributed by atoms with Gasteiger partial charge in [0.05, 0.1) is 12.4 Å². The molecule has 0 saturated heterocycles. The lowest BCUT2D eigenvalue weighted by Crippen LogP contribution is -2.07. The topological polar surface area (TPSA) is 52.1 Å². The van der Waals surface area contributed by atoms with Crippen LogP contribution in [0.2, 0.25) is 0 Å². The van der Waals surface area contributed by atoms with Crippen LogP contribution in [0, 0.1) is 0 Å². The number of hydrogen-bond acceptors (Lipinski definition) is 5. The molecule has 0 aliphatic rings. The Balaban J connectivity index is 2.10. The van der Waals surface area contributed by atoms with Crippen molar-refractivity contribution in [3.05, 3.63) is 24.3 Å². The van der Waals surface area contributed by atoms with Gasteiger partial charge >= 0.3 is 5.97 Å². The summed E-state index contributed by atoms with van der Waals surface area (Å²) in [5, 5.41) is 0. The SMILES string of the molecule is CCOC(=O)CSCCc1ccncn1. The number of hydrogen-bond donors (Lipinski definition) is 0. The summed E-state index contributed by atoms with van der Waals surface area (Å²) in [7, 11) is 0. The van der Waals surface area contributed by atoms with Gasteiger partial charge in [-0.05, 0) is 25.2 Å². The van der Waals surface area contributed by atoms with E-state index in [1.165, 1.54) is 6.33 Å². The molecule has 0 aliphatic carbocycles. The van der Waals surface area contributed by atoms with Gasteiger partial charge in [0.25, 0.3) is 0 Å². The van der Waals surface area contributed by atoms with E-state index in [4.69, 9.17) is 4.74 Å². The maximum absolute atomic E-state index is 11.0. The Bertz CT molecular complexity index is 293. The van der Waals surface area contributed by atoms with Crippen molar-refractivity contribution in [2.24, 2.45) is 0 Å². The highest BCUT2D eigenvalue weighted by molar-refractivity contribution is 7.99. The first-order chi connectivity index (χ1) is 7.33. The quantitative estimate of drug-likeness (QED) is 0.541. The smallest absolute Gasteiger partial charge is 0.315 e. The summed E-state index contributed by atoms with van der Waals surface area (Å²) in [5.74, 6) is 1.14. The van der Waals surface area contributed by atoms with Gasteiger partial charge in [0.1, 0.15) is 6.33 Å². The molecule has 0 radical (unpaired) electrons. The zero-order chi connectivity index (χ0) is 10.9. The fraction of sp³-hybridized carbons (Fsp3) is 0.500. The van der Waals surface area contributed by atoms with Gasteiger partial charge < -0.3 is 4.74 Å². The molecule has 15 heavy (non-hydrogen) atoms. The van der Waals surface area contributed by atoms with Crippen LogP contribution in [0.5, 0.6) is 0 Å². The molecule has 1 aromatic heterocycles. The van der Waals surface area contributed by atoms with Gasteiger partial charge in [-0.1, -0.05) is 0 Å². The molecular weight excluding hydrogens is 212 g/mol. The molecule has 0 saturated carbocycles. The molecule has 0 N–H and O–H groups in total. The van der Waals surface area contributed by atoms with Crippen LogP contribution >= 0.6 is 11.8 Å². The number of rotatable bonds is 6. The Hall–Kier alpha value is -1.10. The third-order valence-corrected chi connectivity index (χ3v) is 2.60. The summed E-state index contributed by atoms with van der Waals surface area (Å²) >= 11 is 1.56. The highest BCUT2D eigenvalue weighted by Gasteiger charge is 2.01. The summed E-state index contributed by atoms with van der Waals surface area (Å²) < 4.78 is 4.81. The fourth-order valence-corrected chi connectivity index (χ4v) is 1.75. The lowest BCUT2D eigenvalue weighted by molar-refractivity contribution is -0.139. The van der Waals surface area contributed by atoms with E-state index in [0.29, 0.717) is 12.4 Å². The molecule has 0 amide bonds. The molecule has 1 heterocycles. The zero-order valence-corrected chi connectivity index (χ0v) is 9.50. The van der Waals surface area contributed by atoms with E-state index in [2.05, 4.69) is 9.97 Å². The Morgan fingerprint density at radius 1 is 1.60 bits per heavy atom. The predicted molar refractivity (Wildman–Crippen MR) is 59.7 cm³/mol. The van der Waals surface area contributed by atoms with E-state index in [-0.39, 0.29) is 5.97 Å². The van der Waals surface area contributed by atoms with Crippen molar-refractivity contribution >= 4 is 17.7 Å². The zero-order valence-electron chi connectivity index (χ0n) is 8.68. The Kier molecular flexibility index (Phi) is 5.77. The van der Waals surface area contributed by atoms with Crippen LogP contribution in [-0.4, -0.2) is 34.0 Å². The molecule has 0 aromatic carbocycles. The van der Waals surface area contributed by atoms with E-state index in [9.17, 15) is 4.79 Å². The van der Waals surface area contributed by atoms with Crippen LogP contribution in [-0.2, 0) is 16.0 Å². The first-order valence-corrected chi connectivity index (χ1v) is 5.96. The molecule has 82 valence electrons. The minimum absolute atomic E-state index is 0.148. The molecule has 0 unspecified atom stereocenters. The molecule has 5 heteroatoms. The molecule has 0 aliphatic heterocycles. The summed E-state index contributed by atoms with van der Waals surface area (Å²) in [4.78, 5) is 18.9. The average Bonchev–Trinajstić information content (AvgIpc) is 2.26. The number of ether oxygens (including phenoxy) is 1. The van der Waals surface area contributed by atoms with Crippen molar-refractivity contribution < 1.29 is 9.53 Å². The van der Waals surface area contributed by atoms with Crippen LogP contribution in [0.25, 0.3) is 0 Å². The van der Waals surface area contributed by atoms with Gasteiger partial charge in [-0.2, -0.15) is 0 Å². The van der Waals surface area contributed by atoms with Crippen molar-refractivity contribution in [1.29, 1.82) is 0 Å². The summed E-state index contributed by atoms with van der Waals surface area (Å²) in [6.07, 6.45) is 4.11. The van der Waals surface area contributed by atoms with Gasteiger partial charge in [-0.25, -0.2) is 9.97 Å². The predicted octanol–water partition coefficient (Wildman–Crippen LogP) is 1.32. The Morgan fingerprint density at radius 3 is 3.13 bits per heavy atom. The van der Waals surface area contributed by atoms with Crippen LogP contribution < -0.4 is 0 Å². The summed E-state index contributed by atoms with van der Waals surface area (Å²) in [5.41, 5.74) is 1.00. The van der Waals surface area contributed by atoms with Crippen molar-refractivity contribution in [2.45, 2.75) is 13.3 Å². The maximum Gasteiger partial charge on any atom is 0.315 e. The van der Waals surface area contributed by atoms with E-state index >= 15 is 0 Å². The third kappa shape index (κ3) is 5.37.